The van der Waals surface area contributed by atoms with E-state index in [1.54, 1.807) is 5.38 Å². The van der Waals surface area contributed by atoms with Gasteiger partial charge in [-0.2, -0.15) is 0 Å². The van der Waals surface area contributed by atoms with E-state index in [1.807, 2.05) is 0 Å². The topological polar surface area (TPSA) is 63.2 Å². The number of hydrogen-bond donors (Lipinski definition) is 2. The van der Waals surface area contributed by atoms with Crippen LogP contribution in [0.25, 0.3) is 0 Å². The quantitative estimate of drug-likeness (QED) is 0.869. The van der Waals surface area contributed by atoms with Gasteiger partial charge < -0.3 is 15.4 Å². The van der Waals surface area contributed by atoms with Gasteiger partial charge in [-0.25, -0.2) is 4.98 Å². The van der Waals surface area contributed by atoms with Crippen LogP contribution in [-0.2, 0) is 0 Å². The number of rotatable bonds is 5. The molecule has 2 aromatic rings. The minimum absolute atomic E-state index is 0.217. The Morgan fingerprint density at radius 3 is 2.57 bits per heavy atom. The van der Waals surface area contributed by atoms with Crippen LogP contribution >= 0.6 is 11.3 Å². The van der Waals surface area contributed by atoms with Crippen LogP contribution in [0, 0.1) is 0 Å². The zero-order valence-electron chi connectivity index (χ0n) is 11.7. The van der Waals surface area contributed by atoms with E-state index in [4.69, 9.17) is 0 Å². The van der Waals surface area contributed by atoms with E-state index in [-0.39, 0.29) is 17.7 Å². The van der Waals surface area contributed by atoms with Crippen LogP contribution in [0.4, 0.5) is 24.0 Å². The van der Waals surface area contributed by atoms with E-state index in [2.05, 4.69) is 20.4 Å². The van der Waals surface area contributed by atoms with Crippen molar-refractivity contribution in [3.8, 4) is 5.75 Å². The molecule has 0 radical (unpaired) electrons. The molecule has 1 aliphatic carbocycles. The Bertz CT molecular complexity index is 696. The highest BCUT2D eigenvalue weighted by Gasteiger charge is 2.31. The Hall–Kier alpha value is -2.29. The molecule has 1 aromatic carbocycles. The summed E-state index contributed by atoms with van der Waals surface area (Å²) in [6.45, 7) is 0. The van der Waals surface area contributed by atoms with Gasteiger partial charge in [0.05, 0.1) is 0 Å². The molecule has 1 saturated carbocycles. The second-order valence-electron chi connectivity index (χ2n) is 4.98. The molecule has 3 rings (SSSR count). The maximum absolute atomic E-state index is 12.1. The monoisotopic (exact) mass is 343 g/mol. The lowest BCUT2D eigenvalue weighted by Crippen LogP contribution is -2.25. The van der Waals surface area contributed by atoms with Crippen LogP contribution in [0.3, 0.4) is 0 Å². The smallest absolute Gasteiger partial charge is 0.406 e. The molecule has 23 heavy (non-hydrogen) atoms. The molecule has 0 aliphatic heterocycles. The fourth-order valence-electron chi connectivity index (χ4n) is 1.79. The average Bonchev–Trinajstić information content (AvgIpc) is 3.15. The van der Waals surface area contributed by atoms with Crippen molar-refractivity contribution in [1.82, 2.24) is 10.3 Å². The summed E-state index contributed by atoms with van der Waals surface area (Å²) in [6.07, 6.45) is -2.73. The van der Waals surface area contributed by atoms with Crippen LogP contribution in [0.2, 0.25) is 0 Å². The first-order valence-corrected chi connectivity index (χ1v) is 7.66. The maximum atomic E-state index is 12.1. The van der Waals surface area contributed by atoms with Crippen molar-refractivity contribution < 1.29 is 22.7 Å². The van der Waals surface area contributed by atoms with Crippen LogP contribution < -0.4 is 15.4 Å². The van der Waals surface area contributed by atoms with Gasteiger partial charge in [0.15, 0.2) is 5.13 Å². The largest absolute Gasteiger partial charge is 0.573 e. The lowest BCUT2D eigenvalue weighted by atomic mass is 10.3. The van der Waals surface area contributed by atoms with Gasteiger partial charge in [-0.15, -0.1) is 24.5 Å². The van der Waals surface area contributed by atoms with Gasteiger partial charge in [-0.3, -0.25) is 4.79 Å². The molecule has 1 aliphatic rings. The Kier molecular flexibility index (Phi) is 4.12. The second-order valence-corrected chi connectivity index (χ2v) is 5.84. The predicted molar refractivity (Wildman–Crippen MR) is 79.0 cm³/mol. The van der Waals surface area contributed by atoms with E-state index in [0.717, 1.165) is 12.8 Å². The SMILES string of the molecule is O=C(NC1CC1)c1csc(Nc2ccc(OC(F)(F)F)cc2)n1. The van der Waals surface area contributed by atoms with Crippen LogP contribution in [0.15, 0.2) is 29.6 Å². The molecule has 5 nitrogen and oxygen atoms in total. The van der Waals surface area contributed by atoms with Gasteiger partial charge in [-0.05, 0) is 37.1 Å². The molecule has 122 valence electrons. The predicted octanol–water partition coefficient (Wildman–Crippen LogP) is 3.68. The molecule has 0 unspecified atom stereocenters. The van der Waals surface area contributed by atoms with Gasteiger partial charge in [0, 0.05) is 17.1 Å². The summed E-state index contributed by atoms with van der Waals surface area (Å²) in [6, 6.07) is 5.52. The number of nitrogens with one attached hydrogen (secondary N) is 2. The number of thiazole rings is 1. The van der Waals surface area contributed by atoms with Crippen molar-refractivity contribution in [3.63, 3.8) is 0 Å². The third-order valence-corrected chi connectivity index (χ3v) is 3.75. The van der Waals surface area contributed by atoms with Crippen molar-refractivity contribution in [3.05, 3.63) is 35.3 Å². The fraction of sp³-hybridized carbons (Fsp3) is 0.286. The molecule has 0 spiro atoms. The first-order valence-electron chi connectivity index (χ1n) is 6.78. The minimum Gasteiger partial charge on any atom is -0.406 e. The van der Waals surface area contributed by atoms with Crippen molar-refractivity contribution in [2.24, 2.45) is 0 Å². The Balaban J connectivity index is 1.60. The third-order valence-electron chi connectivity index (χ3n) is 2.99. The summed E-state index contributed by atoms with van der Waals surface area (Å²) in [7, 11) is 0. The fourth-order valence-corrected chi connectivity index (χ4v) is 2.50. The maximum Gasteiger partial charge on any atom is 0.573 e. The third kappa shape index (κ3) is 4.59. The van der Waals surface area contributed by atoms with Crippen molar-refractivity contribution in [1.29, 1.82) is 0 Å². The number of benzene rings is 1. The Labute approximate surface area is 133 Å². The number of carbonyl (C=O) groups is 1. The number of alkyl halides is 3. The van der Waals surface area contributed by atoms with Gasteiger partial charge >= 0.3 is 6.36 Å². The number of amides is 1. The highest BCUT2D eigenvalue weighted by Crippen LogP contribution is 2.26. The van der Waals surface area contributed by atoms with E-state index >= 15 is 0 Å². The number of aromatic nitrogens is 1. The molecular formula is C14H12F3N3O2S. The Morgan fingerprint density at radius 1 is 1.26 bits per heavy atom. The van der Waals surface area contributed by atoms with Gasteiger partial charge in [-0.1, -0.05) is 0 Å². The molecule has 1 aromatic heterocycles. The van der Waals surface area contributed by atoms with Crippen LogP contribution in [-0.4, -0.2) is 23.3 Å². The Morgan fingerprint density at radius 2 is 1.96 bits per heavy atom. The molecule has 2 N–H and O–H groups in total. The first kappa shape index (κ1) is 15.6. The van der Waals surface area contributed by atoms with E-state index in [1.165, 1.54) is 35.6 Å². The number of anilines is 2. The highest BCUT2D eigenvalue weighted by atomic mass is 32.1. The van der Waals surface area contributed by atoms with Crippen molar-refractivity contribution in [2.45, 2.75) is 25.2 Å². The number of nitrogens with zero attached hydrogens (tertiary/aromatic N) is 1. The molecular weight excluding hydrogens is 331 g/mol. The molecule has 1 fully saturated rings. The zero-order valence-corrected chi connectivity index (χ0v) is 12.5. The summed E-state index contributed by atoms with van der Waals surface area (Å²) in [5.41, 5.74) is 0.865. The molecule has 1 heterocycles. The van der Waals surface area contributed by atoms with Gasteiger partial charge in [0.1, 0.15) is 11.4 Å². The normalized spacial score (nSPS) is 14.4. The minimum atomic E-state index is -4.71. The van der Waals surface area contributed by atoms with Crippen LogP contribution in [0.1, 0.15) is 23.3 Å². The molecule has 0 saturated heterocycles. The van der Waals surface area contributed by atoms with E-state index in [9.17, 15) is 18.0 Å². The summed E-state index contributed by atoms with van der Waals surface area (Å²) in [5, 5.41) is 7.87. The van der Waals surface area contributed by atoms with Gasteiger partial charge in [0.25, 0.3) is 5.91 Å². The van der Waals surface area contributed by atoms with Crippen LogP contribution in [0.5, 0.6) is 5.75 Å². The molecule has 0 atom stereocenters. The van der Waals surface area contributed by atoms with E-state index < -0.39 is 6.36 Å². The number of hydrogen-bond acceptors (Lipinski definition) is 5. The standard InChI is InChI=1S/C14H12F3N3O2S/c15-14(16,17)22-10-5-3-9(4-6-10)19-13-20-11(7-23-13)12(21)18-8-1-2-8/h3-8H,1-2H2,(H,18,21)(H,19,20). The summed E-state index contributed by atoms with van der Waals surface area (Å²) >= 11 is 1.24. The lowest BCUT2D eigenvalue weighted by Gasteiger charge is -2.09. The number of carbonyl (C=O) groups excluding carboxylic acids is 1. The first-order chi connectivity index (χ1) is 10.9. The highest BCUT2D eigenvalue weighted by molar-refractivity contribution is 7.14. The summed E-state index contributed by atoms with van der Waals surface area (Å²) in [4.78, 5) is 16.0. The van der Waals surface area contributed by atoms with E-state index in [0.29, 0.717) is 16.5 Å². The lowest BCUT2D eigenvalue weighted by molar-refractivity contribution is -0.274. The zero-order chi connectivity index (χ0) is 16.4. The number of halogens is 3. The number of ether oxygens (including phenoxy) is 1. The summed E-state index contributed by atoms with van der Waals surface area (Å²) in [5.74, 6) is -0.516. The second kappa shape index (κ2) is 6.07. The van der Waals surface area contributed by atoms with Crippen molar-refractivity contribution in [2.75, 3.05) is 5.32 Å². The molecule has 0 bridgehead atoms. The molecule has 9 heteroatoms. The molecule has 1 amide bonds. The summed E-state index contributed by atoms with van der Waals surface area (Å²) < 4.78 is 40.0. The average molecular weight is 343 g/mol. The van der Waals surface area contributed by atoms with Crippen molar-refractivity contribution >= 4 is 28.1 Å². The van der Waals surface area contributed by atoms with Gasteiger partial charge in [0.2, 0.25) is 0 Å².